The van der Waals surface area contributed by atoms with Crippen LogP contribution in [0.25, 0.3) is 0 Å². The summed E-state index contributed by atoms with van der Waals surface area (Å²) >= 11 is 0. The molecule has 1 rings (SSSR count). The number of hydrogen-bond donors (Lipinski definition) is 0. The van der Waals surface area contributed by atoms with Gasteiger partial charge in [0.05, 0.1) is 6.42 Å². The smallest absolute Gasteiger partial charge is 0.310 e. The van der Waals surface area contributed by atoms with E-state index in [4.69, 9.17) is 4.74 Å². The number of nitriles is 1. The van der Waals surface area contributed by atoms with Crippen molar-refractivity contribution >= 4 is 5.97 Å². The van der Waals surface area contributed by atoms with Crippen LogP contribution >= 0.6 is 0 Å². The molecule has 0 fully saturated rings. The predicted molar refractivity (Wildman–Crippen MR) is 86.7 cm³/mol. The molecule has 4 nitrogen and oxygen atoms in total. The van der Waals surface area contributed by atoms with Crippen LogP contribution in [0.4, 0.5) is 0 Å². The lowest BCUT2D eigenvalue weighted by Gasteiger charge is -2.22. The fourth-order valence-electron chi connectivity index (χ4n) is 2.38. The number of carbonyl (C=O) groups excluding carboxylic acids is 1. The van der Waals surface area contributed by atoms with Crippen LogP contribution in [0.15, 0.2) is 6.07 Å². The zero-order valence-corrected chi connectivity index (χ0v) is 14.7. The summed E-state index contributed by atoms with van der Waals surface area (Å²) in [6.45, 7) is 13.7. The molecule has 0 aliphatic heterocycles. The third-order valence-electron chi connectivity index (χ3n) is 3.22. The van der Waals surface area contributed by atoms with Crippen molar-refractivity contribution in [3.8, 4) is 6.07 Å². The van der Waals surface area contributed by atoms with Gasteiger partial charge in [-0.05, 0) is 49.8 Å². The summed E-state index contributed by atoms with van der Waals surface area (Å²) < 4.78 is 5.44. The summed E-state index contributed by atoms with van der Waals surface area (Å²) in [5.74, 6) is 0.0936. The first-order valence-corrected chi connectivity index (χ1v) is 7.70. The lowest BCUT2D eigenvalue weighted by Crippen LogP contribution is -2.26. The first-order valence-electron chi connectivity index (χ1n) is 7.70. The number of ether oxygens (including phenoxy) is 1. The van der Waals surface area contributed by atoms with Gasteiger partial charge in [-0.2, -0.15) is 5.26 Å². The van der Waals surface area contributed by atoms with Crippen molar-refractivity contribution in [3.05, 3.63) is 28.6 Å². The Morgan fingerprint density at radius 2 is 1.86 bits per heavy atom. The van der Waals surface area contributed by atoms with Crippen LogP contribution in [0.5, 0.6) is 0 Å². The van der Waals surface area contributed by atoms with Crippen molar-refractivity contribution in [1.29, 1.82) is 5.26 Å². The highest BCUT2D eigenvalue weighted by molar-refractivity contribution is 5.74. The van der Waals surface area contributed by atoms with E-state index in [2.05, 4.69) is 24.9 Å². The topological polar surface area (TPSA) is 63.0 Å². The molecule has 0 saturated heterocycles. The third-order valence-corrected chi connectivity index (χ3v) is 3.22. The maximum Gasteiger partial charge on any atom is 0.310 e. The molecule has 0 aromatic carbocycles. The minimum absolute atomic E-state index is 0.142. The average molecular weight is 302 g/mol. The SMILES string of the molecule is CC(C)c1cc(C#N)nc(C(C)C)c1CC(=O)OC(C)(C)C. The number of aromatic nitrogens is 1. The highest BCUT2D eigenvalue weighted by Gasteiger charge is 2.23. The Balaban J connectivity index is 3.32. The fraction of sp³-hybridized carbons (Fsp3) is 0.611. The number of carbonyl (C=O) groups is 1. The maximum absolute atomic E-state index is 12.2. The Morgan fingerprint density at radius 3 is 2.27 bits per heavy atom. The van der Waals surface area contributed by atoms with Crippen molar-refractivity contribution in [2.45, 2.75) is 72.3 Å². The minimum atomic E-state index is -0.507. The molecule has 0 spiro atoms. The van der Waals surface area contributed by atoms with Crippen molar-refractivity contribution in [3.63, 3.8) is 0 Å². The molecule has 0 aliphatic carbocycles. The Bertz CT molecular complexity index is 561. The molecule has 0 aliphatic rings. The van der Waals surface area contributed by atoms with E-state index >= 15 is 0 Å². The lowest BCUT2D eigenvalue weighted by molar-refractivity contribution is -0.153. The lowest BCUT2D eigenvalue weighted by atomic mass is 9.90. The first kappa shape index (κ1) is 18.2. The summed E-state index contributed by atoms with van der Waals surface area (Å²) in [5, 5.41) is 9.17. The van der Waals surface area contributed by atoms with E-state index in [-0.39, 0.29) is 24.2 Å². The molecule has 0 radical (unpaired) electrons. The van der Waals surface area contributed by atoms with Crippen LogP contribution in [0, 0.1) is 11.3 Å². The second-order valence-electron chi connectivity index (χ2n) is 7.14. The largest absolute Gasteiger partial charge is 0.460 e. The van der Waals surface area contributed by atoms with Gasteiger partial charge in [0.25, 0.3) is 0 Å². The van der Waals surface area contributed by atoms with Crippen molar-refractivity contribution in [2.24, 2.45) is 0 Å². The van der Waals surface area contributed by atoms with Crippen molar-refractivity contribution in [1.82, 2.24) is 4.98 Å². The molecule has 4 heteroatoms. The normalized spacial score (nSPS) is 11.6. The van der Waals surface area contributed by atoms with Gasteiger partial charge in [0.2, 0.25) is 0 Å². The molecule has 22 heavy (non-hydrogen) atoms. The highest BCUT2D eigenvalue weighted by atomic mass is 16.6. The molecule has 0 unspecified atom stereocenters. The van der Waals surface area contributed by atoms with Crippen LogP contribution in [0.1, 0.15) is 82.8 Å². The van der Waals surface area contributed by atoms with Crippen LogP contribution in [-0.2, 0) is 16.0 Å². The van der Waals surface area contributed by atoms with Crippen LogP contribution < -0.4 is 0 Å². The monoisotopic (exact) mass is 302 g/mol. The zero-order chi connectivity index (χ0) is 17.1. The molecule has 1 heterocycles. The Labute approximate surface area is 133 Å². The summed E-state index contributed by atoms with van der Waals surface area (Å²) in [6.07, 6.45) is 0.191. The van der Waals surface area contributed by atoms with Crippen molar-refractivity contribution in [2.75, 3.05) is 0 Å². The molecule has 120 valence electrons. The highest BCUT2D eigenvalue weighted by Crippen LogP contribution is 2.28. The van der Waals surface area contributed by atoms with Gasteiger partial charge < -0.3 is 4.74 Å². The summed E-state index contributed by atoms with van der Waals surface area (Å²) in [5.41, 5.74) is 2.61. The third kappa shape index (κ3) is 4.84. The average Bonchev–Trinajstić information content (AvgIpc) is 2.35. The second kappa shape index (κ2) is 6.91. The van der Waals surface area contributed by atoms with Gasteiger partial charge in [0.15, 0.2) is 0 Å². The second-order valence-corrected chi connectivity index (χ2v) is 7.14. The molecular formula is C18H26N2O2. The molecule has 0 N–H and O–H groups in total. The van der Waals surface area contributed by atoms with E-state index in [1.54, 1.807) is 6.07 Å². The molecule has 0 atom stereocenters. The van der Waals surface area contributed by atoms with Gasteiger partial charge in [0, 0.05) is 5.69 Å². The van der Waals surface area contributed by atoms with Gasteiger partial charge >= 0.3 is 5.97 Å². The number of nitrogens with zero attached hydrogens (tertiary/aromatic N) is 2. The summed E-state index contributed by atoms with van der Waals surface area (Å²) in [4.78, 5) is 16.6. The van der Waals surface area contributed by atoms with Crippen LogP contribution in [0.2, 0.25) is 0 Å². The molecule has 0 saturated carbocycles. The van der Waals surface area contributed by atoms with E-state index in [0.29, 0.717) is 5.69 Å². The van der Waals surface area contributed by atoms with Crippen LogP contribution in [0.3, 0.4) is 0 Å². The van der Waals surface area contributed by atoms with Crippen LogP contribution in [-0.4, -0.2) is 16.6 Å². The number of rotatable bonds is 4. The molecule has 1 aromatic heterocycles. The molecule has 0 amide bonds. The van der Waals surface area contributed by atoms with E-state index in [1.807, 2.05) is 34.6 Å². The van der Waals surface area contributed by atoms with E-state index < -0.39 is 5.60 Å². The zero-order valence-electron chi connectivity index (χ0n) is 14.7. The van der Waals surface area contributed by atoms with Gasteiger partial charge in [-0.1, -0.05) is 27.7 Å². The van der Waals surface area contributed by atoms with E-state index in [1.165, 1.54) is 0 Å². The molecule has 0 bridgehead atoms. The maximum atomic E-state index is 12.2. The van der Waals surface area contributed by atoms with Gasteiger partial charge in [-0.3, -0.25) is 4.79 Å². The van der Waals surface area contributed by atoms with E-state index in [0.717, 1.165) is 16.8 Å². The molecular weight excluding hydrogens is 276 g/mol. The Kier molecular flexibility index (Phi) is 5.71. The van der Waals surface area contributed by atoms with E-state index in [9.17, 15) is 10.1 Å². The standard InChI is InChI=1S/C18H26N2O2/c1-11(2)14-8-13(10-19)20-17(12(3)4)15(14)9-16(21)22-18(5,6)7/h8,11-12H,9H2,1-7H3. The van der Waals surface area contributed by atoms with Gasteiger partial charge in [-0.25, -0.2) is 4.98 Å². The van der Waals surface area contributed by atoms with Gasteiger partial charge in [-0.15, -0.1) is 0 Å². The number of pyridine rings is 1. The van der Waals surface area contributed by atoms with Crippen molar-refractivity contribution < 1.29 is 9.53 Å². The Morgan fingerprint density at radius 1 is 1.27 bits per heavy atom. The number of esters is 1. The summed E-state index contributed by atoms with van der Waals surface area (Å²) in [6, 6.07) is 3.90. The molecule has 1 aromatic rings. The Hall–Kier alpha value is -1.89. The van der Waals surface area contributed by atoms with Gasteiger partial charge in [0.1, 0.15) is 17.4 Å². The predicted octanol–water partition coefficient (Wildman–Crippen LogP) is 4.08. The minimum Gasteiger partial charge on any atom is -0.460 e. The first-order chi connectivity index (χ1) is 10.0. The summed E-state index contributed by atoms with van der Waals surface area (Å²) in [7, 11) is 0. The fourth-order valence-corrected chi connectivity index (χ4v) is 2.38. The quantitative estimate of drug-likeness (QED) is 0.786. The number of hydrogen-bond acceptors (Lipinski definition) is 4.